The van der Waals surface area contributed by atoms with E-state index in [0.717, 1.165) is 22.1 Å². The number of pyridine rings is 1. The number of rotatable bonds is 5. The van der Waals surface area contributed by atoms with Crippen LogP contribution in [0.1, 0.15) is 15.9 Å². The first kappa shape index (κ1) is 18.9. The van der Waals surface area contributed by atoms with Gasteiger partial charge in [0.25, 0.3) is 0 Å². The lowest BCUT2D eigenvalue weighted by Gasteiger charge is -2.08. The van der Waals surface area contributed by atoms with Crippen LogP contribution in [0.25, 0.3) is 16.6 Å². The van der Waals surface area contributed by atoms with Gasteiger partial charge >= 0.3 is 5.97 Å². The van der Waals surface area contributed by atoms with Gasteiger partial charge in [0.15, 0.2) is 10.8 Å². The zero-order chi connectivity index (χ0) is 20.4. The molecule has 4 aromatic rings. The number of benzene rings is 2. The number of amides is 1. The van der Waals surface area contributed by atoms with E-state index in [2.05, 4.69) is 26.3 Å². The third-order valence-corrected chi connectivity index (χ3v) is 5.42. The molecule has 1 N–H and O–H groups in total. The largest absolute Gasteiger partial charge is 0.465 e. The van der Waals surface area contributed by atoms with Gasteiger partial charge < -0.3 is 10.1 Å². The lowest BCUT2D eigenvalue weighted by atomic mass is 10.1. The number of ether oxygens (including phenoxy) is 1. The highest BCUT2D eigenvalue weighted by Crippen LogP contribution is 2.25. The number of hydrogen-bond donors (Lipinski definition) is 1. The zero-order valence-electron chi connectivity index (χ0n) is 15.9. The predicted molar refractivity (Wildman–Crippen MR) is 112 cm³/mol. The molecule has 2 aromatic heterocycles. The third-order valence-electron chi connectivity index (χ3n) is 4.50. The van der Waals surface area contributed by atoms with Crippen LogP contribution in [0.4, 0.5) is 5.69 Å². The maximum absolute atomic E-state index is 12.4. The fourth-order valence-electron chi connectivity index (χ4n) is 3.10. The number of methoxy groups -OCH3 is 1. The Kier molecular flexibility index (Phi) is 5.18. The van der Waals surface area contributed by atoms with Crippen molar-refractivity contribution in [3.05, 3.63) is 65.7 Å². The van der Waals surface area contributed by atoms with Crippen molar-refractivity contribution in [1.82, 2.24) is 14.6 Å². The van der Waals surface area contributed by atoms with E-state index in [1.54, 1.807) is 24.3 Å². The summed E-state index contributed by atoms with van der Waals surface area (Å²) in [5.41, 5.74) is 3.92. The van der Waals surface area contributed by atoms with E-state index in [-0.39, 0.29) is 11.7 Å². The Bertz CT molecular complexity index is 1220. The summed E-state index contributed by atoms with van der Waals surface area (Å²) >= 11 is 1.32. The topological polar surface area (TPSA) is 85.6 Å². The van der Waals surface area contributed by atoms with E-state index in [1.807, 2.05) is 35.6 Å². The first-order valence-electron chi connectivity index (χ1n) is 8.91. The lowest BCUT2D eigenvalue weighted by molar-refractivity contribution is -0.113. The van der Waals surface area contributed by atoms with Gasteiger partial charge in [-0.15, -0.1) is 10.2 Å². The van der Waals surface area contributed by atoms with Crippen molar-refractivity contribution in [3.63, 3.8) is 0 Å². The Morgan fingerprint density at radius 2 is 1.86 bits per heavy atom. The minimum Gasteiger partial charge on any atom is -0.465 e. The van der Waals surface area contributed by atoms with Crippen LogP contribution in [-0.4, -0.2) is 39.3 Å². The van der Waals surface area contributed by atoms with Crippen molar-refractivity contribution >= 4 is 45.9 Å². The first-order chi connectivity index (χ1) is 14.1. The fourth-order valence-corrected chi connectivity index (χ4v) is 3.85. The van der Waals surface area contributed by atoms with Crippen molar-refractivity contribution in [2.75, 3.05) is 18.2 Å². The Hall–Kier alpha value is -3.39. The van der Waals surface area contributed by atoms with E-state index in [4.69, 9.17) is 0 Å². The Morgan fingerprint density at radius 1 is 1.10 bits per heavy atom. The molecule has 1 amide bonds. The number of carbonyl (C=O) groups excluding carboxylic acids is 2. The molecule has 29 heavy (non-hydrogen) atoms. The lowest BCUT2D eigenvalue weighted by Crippen LogP contribution is -2.14. The van der Waals surface area contributed by atoms with Crippen LogP contribution in [0.15, 0.2) is 59.8 Å². The maximum atomic E-state index is 12.4. The van der Waals surface area contributed by atoms with Gasteiger partial charge in [0.2, 0.25) is 5.91 Å². The summed E-state index contributed by atoms with van der Waals surface area (Å²) in [6, 6.07) is 16.6. The molecule has 0 atom stereocenters. The molecule has 0 spiro atoms. The van der Waals surface area contributed by atoms with Crippen LogP contribution in [0.3, 0.4) is 0 Å². The molecule has 0 radical (unpaired) electrons. The molecular weight excluding hydrogens is 388 g/mol. The van der Waals surface area contributed by atoms with E-state index >= 15 is 0 Å². The van der Waals surface area contributed by atoms with Gasteiger partial charge in [0.05, 0.1) is 23.9 Å². The number of nitrogens with one attached hydrogen (secondary N) is 1. The van der Waals surface area contributed by atoms with Crippen LogP contribution < -0.4 is 5.32 Å². The average Bonchev–Trinajstić information content (AvgIpc) is 3.15. The summed E-state index contributed by atoms with van der Waals surface area (Å²) < 4.78 is 6.63. The first-order valence-corrected chi connectivity index (χ1v) is 9.90. The molecule has 146 valence electrons. The Morgan fingerprint density at radius 3 is 2.62 bits per heavy atom. The van der Waals surface area contributed by atoms with Gasteiger partial charge in [-0.1, -0.05) is 30.0 Å². The van der Waals surface area contributed by atoms with Crippen LogP contribution >= 0.6 is 11.8 Å². The molecule has 0 bridgehead atoms. The zero-order valence-corrected chi connectivity index (χ0v) is 16.7. The van der Waals surface area contributed by atoms with E-state index in [1.165, 1.54) is 18.9 Å². The van der Waals surface area contributed by atoms with Gasteiger partial charge in [-0.2, -0.15) is 0 Å². The van der Waals surface area contributed by atoms with E-state index in [9.17, 15) is 9.59 Å². The quantitative estimate of drug-likeness (QED) is 0.402. The minimum atomic E-state index is -0.417. The molecule has 0 aliphatic carbocycles. The predicted octanol–water partition coefficient (Wildman–Crippen LogP) is 3.71. The van der Waals surface area contributed by atoms with E-state index in [0.29, 0.717) is 16.4 Å². The monoisotopic (exact) mass is 406 g/mol. The standard InChI is InChI=1S/C21H18N4O3S/c1-13-11-18-23-24-21(25(18)17-6-4-3-5-16(13)17)29-12-19(26)22-15-9-7-14(8-10-15)20(27)28-2/h3-11H,12H2,1-2H3,(H,22,26). The molecule has 7 nitrogen and oxygen atoms in total. The number of aromatic nitrogens is 3. The second-order valence-corrected chi connectivity index (χ2v) is 7.37. The number of thioether (sulfide) groups is 1. The number of esters is 1. The highest BCUT2D eigenvalue weighted by molar-refractivity contribution is 7.99. The maximum Gasteiger partial charge on any atom is 0.337 e. The van der Waals surface area contributed by atoms with Crippen molar-refractivity contribution in [3.8, 4) is 0 Å². The Labute approximate surface area is 171 Å². The summed E-state index contributed by atoms with van der Waals surface area (Å²) in [4.78, 5) is 23.8. The number of nitrogens with zero attached hydrogens (tertiary/aromatic N) is 3. The number of anilines is 1. The molecule has 0 saturated heterocycles. The number of carbonyl (C=O) groups is 2. The molecule has 2 heterocycles. The normalized spacial score (nSPS) is 11.0. The molecule has 0 unspecified atom stereocenters. The van der Waals surface area contributed by atoms with Crippen LogP contribution in [0.5, 0.6) is 0 Å². The van der Waals surface area contributed by atoms with Crippen LogP contribution in [0.2, 0.25) is 0 Å². The number of para-hydroxylation sites is 1. The van der Waals surface area contributed by atoms with Gasteiger partial charge in [0, 0.05) is 11.1 Å². The van der Waals surface area contributed by atoms with Gasteiger partial charge in [-0.3, -0.25) is 9.20 Å². The number of aryl methyl sites for hydroxylation is 1. The highest BCUT2D eigenvalue weighted by Gasteiger charge is 2.13. The molecule has 0 aliphatic heterocycles. The summed E-state index contributed by atoms with van der Waals surface area (Å²) in [6.45, 7) is 2.04. The fraction of sp³-hybridized carbons (Fsp3) is 0.143. The van der Waals surface area contributed by atoms with E-state index < -0.39 is 5.97 Å². The van der Waals surface area contributed by atoms with Crippen molar-refractivity contribution in [2.45, 2.75) is 12.1 Å². The van der Waals surface area contributed by atoms with Gasteiger partial charge in [-0.25, -0.2) is 4.79 Å². The van der Waals surface area contributed by atoms with Gasteiger partial charge in [0.1, 0.15) is 0 Å². The molecule has 0 fully saturated rings. The molecule has 0 aliphatic rings. The van der Waals surface area contributed by atoms with Crippen molar-refractivity contribution in [2.24, 2.45) is 0 Å². The molecule has 4 rings (SSSR count). The third kappa shape index (κ3) is 3.79. The highest BCUT2D eigenvalue weighted by atomic mass is 32.2. The minimum absolute atomic E-state index is 0.172. The van der Waals surface area contributed by atoms with Crippen LogP contribution in [0, 0.1) is 6.92 Å². The molecule has 2 aromatic carbocycles. The van der Waals surface area contributed by atoms with Gasteiger partial charge in [-0.05, 0) is 48.9 Å². The summed E-state index contributed by atoms with van der Waals surface area (Å²) in [7, 11) is 1.33. The van der Waals surface area contributed by atoms with Crippen molar-refractivity contribution < 1.29 is 14.3 Å². The van der Waals surface area contributed by atoms with Crippen LogP contribution in [-0.2, 0) is 9.53 Å². The molecular formula is C21H18N4O3S. The summed E-state index contributed by atoms with van der Waals surface area (Å²) in [5.74, 6) is -0.407. The number of fused-ring (bicyclic) bond motifs is 3. The number of hydrogen-bond acceptors (Lipinski definition) is 6. The van der Waals surface area contributed by atoms with Crippen molar-refractivity contribution in [1.29, 1.82) is 0 Å². The smallest absolute Gasteiger partial charge is 0.337 e. The summed E-state index contributed by atoms with van der Waals surface area (Å²) in [6.07, 6.45) is 0. The summed E-state index contributed by atoms with van der Waals surface area (Å²) in [5, 5.41) is 13.1. The average molecular weight is 406 g/mol. The second kappa shape index (κ2) is 7.92. The SMILES string of the molecule is COC(=O)c1ccc(NC(=O)CSc2nnc3cc(C)c4ccccc4n23)cc1. The Balaban J connectivity index is 1.49. The molecule has 8 heteroatoms. The second-order valence-electron chi connectivity index (χ2n) is 6.43. The molecule has 0 saturated carbocycles.